The molecule has 0 saturated heterocycles. The topological polar surface area (TPSA) is 105 Å². The standard InChI is InChI=1S/C16H22N2O5/c1-4-13(19)17-12-7-5-6-11(8-12)15(22)18-16(2,10-23-3)9-14(20)21/h5-8H,4,9-10H2,1-3H3,(H,17,19)(H,18,22)(H,20,21). The molecule has 2 amide bonds. The third kappa shape index (κ3) is 6.07. The van der Waals surface area contributed by atoms with Crippen LogP contribution in [0, 0.1) is 0 Å². The summed E-state index contributed by atoms with van der Waals surface area (Å²) in [6.07, 6.45) is 0.0692. The lowest BCUT2D eigenvalue weighted by Gasteiger charge is -2.28. The van der Waals surface area contributed by atoms with E-state index in [9.17, 15) is 14.4 Å². The Balaban J connectivity index is 2.89. The Morgan fingerprint density at radius 1 is 1.30 bits per heavy atom. The zero-order chi connectivity index (χ0) is 17.5. The van der Waals surface area contributed by atoms with Crippen molar-refractivity contribution >= 4 is 23.5 Å². The van der Waals surface area contributed by atoms with E-state index in [0.717, 1.165) is 0 Å². The number of hydrogen-bond acceptors (Lipinski definition) is 4. The molecule has 7 nitrogen and oxygen atoms in total. The molecule has 0 heterocycles. The van der Waals surface area contributed by atoms with Crippen LogP contribution in [0.3, 0.4) is 0 Å². The highest BCUT2D eigenvalue weighted by molar-refractivity contribution is 5.97. The largest absolute Gasteiger partial charge is 0.481 e. The van der Waals surface area contributed by atoms with Gasteiger partial charge in [-0.05, 0) is 25.1 Å². The molecule has 3 N–H and O–H groups in total. The molecule has 1 aromatic rings. The van der Waals surface area contributed by atoms with Gasteiger partial charge in [-0.3, -0.25) is 14.4 Å². The van der Waals surface area contributed by atoms with Gasteiger partial charge in [0.05, 0.1) is 18.6 Å². The minimum absolute atomic E-state index is 0.0668. The number of carboxylic acid groups (broad SMARTS) is 1. The molecule has 23 heavy (non-hydrogen) atoms. The Labute approximate surface area is 135 Å². The normalized spacial score (nSPS) is 13.0. The van der Waals surface area contributed by atoms with Crippen molar-refractivity contribution in [1.82, 2.24) is 5.32 Å². The van der Waals surface area contributed by atoms with Crippen LogP contribution >= 0.6 is 0 Å². The highest BCUT2D eigenvalue weighted by atomic mass is 16.5. The summed E-state index contributed by atoms with van der Waals surface area (Å²) >= 11 is 0. The second kappa shape index (κ2) is 8.28. The highest BCUT2D eigenvalue weighted by Crippen LogP contribution is 2.15. The number of rotatable bonds is 8. The van der Waals surface area contributed by atoms with E-state index in [2.05, 4.69) is 10.6 Å². The van der Waals surface area contributed by atoms with Gasteiger partial charge in [0.2, 0.25) is 5.91 Å². The molecule has 0 aliphatic heterocycles. The highest BCUT2D eigenvalue weighted by Gasteiger charge is 2.30. The second-order valence-corrected chi connectivity index (χ2v) is 5.50. The van der Waals surface area contributed by atoms with Gasteiger partial charge >= 0.3 is 5.97 Å². The average molecular weight is 322 g/mol. The number of methoxy groups -OCH3 is 1. The maximum atomic E-state index is 12.4. The molecule has 0 saturated carbocycles. The van der Waals surface area contributed by atoms with Gasteiger partial charge in [-0.2, -0.15) is 0 Å². The molecule has 1 unspecified atom stereocenters. The molecule has 1 aromatic carbocycles. The van der Waals surface area contributed by atoms with Crippen molar-refractivity contribution in [2.45, 2.75) is 32.2 Å². The first-order chi connectivity index (χ1) is 10.8. The predicted molar refractivity (Wildman–Crippen MR) is 85.4 cm³/mol. The molecule has 0 spiro atoms. The molecule has 0 radical (unpaired) electrons. The molecular formula is C16H22N2O5. The number of hydrogen-bond donors (Lipinski definition) is 3. The maximum absolute atomic E-state index is 12.4. The Bertz CT molecular complexity index is 588. The third-order valence-corrected chi connectivity index (χ3v) is 3.15. The molecule has 0 bridgehead atoms. The van der Waals surface area contributed by atoms with E-state index in [4.69, 9.17) is 9.84 Å². The predicted octanol–water partition coefficient (Wildman–Crippen LogP) is 1.64. The lowest BCUT2D eigenvalue weighted by Crippen LogP contribution is -2.50. The molecule has 0 fully saturated rings. The van der Waals surface area contributed by atoms with Crippen LogP contribution in [0.4, 0.5) is 5.69 Å². The lowest BCUT2D eigenvalue weighted by atomic mass is 9.98. The molecule has 0 aliphatic carbocycles. The summed E-state index contributed by atoms with van der Waals surface area (Å²) in [7, 11) is 1.44. The van der Waals surface area contributed by atoms with E-state index in [1.165, 1.54) is 13.2 Å². The summed E-state index contributed by atoms with van der Waals surface area (Å²) in [6, 6.07) is 6.45. The van der Waals surface area contributed by atoms with Gasteiger partial charge in [-0.15, -0.1) is 0 Å². The minimum Gasteiger partial charge on any atom is -0.481 e. The van der Waals surface area contributed by atoms with Gasteiger partial charge in [-0.25, -0.2) is 0 Å². The number of carbonyl (C=O) groups excluding carboxylic acids is 2. The molecule has 1 atom stereocenters. The Hall–Kier alpha value is -2.41. The third-order valence-electron chi connectivity index (χ3n) is 3.15. The van der Waals surface area contributed by atoms with Gasteiger partial charge < -0.3 is 20.5 Å². The van der Waals surface area contributed by atoms with Crippen LogP contribution in [-0.2, 0) is 14.3 Å². The Morgan fingerprint density at radius 2 is 2.00 bits per heavy atom. The average Bonchev–Trinajstić information content (AvgIpc) is 2.46. The van der Waals surface area contributed by atoms with Crippen LogP contribution in [0.1, 0.15) is 37.0 Å². The quantitative estimate of drug-likeness (QED) is 0.675. The van der Waals surface area contributed by atoms with Crippen molar-refractivity contribution < 1.29 is 24.2 Å². The summed E-state index contributed by atoms with van der Waals surface area (Å²) in [6.45, 7) is 3.40. The monoisotopic (exact) mass is 322 g/mol. The molecule has 0 aliphatic rings. The number of carbonyl (C=O) groups is 3. The van der Waals surface area contributed by atoms with Gasteiger partial charge in [0.25, 0.3) is 5.91 Å². The zero-order valence-electron chi connectivity index (χ0n) is 13.5. The summed E-state index contributed by atoms with van der Waals surface area (Å²) in [5.41, 5.74) is -0.192. The SMILES string of the molecule is CCC(=O)Nc1cccc(C(=O)NC(C)(COC)CC(=O)O)c1. The van der Waals surface area contributed by atoms with E-state index in [0.29, 0.717) is 17.7 Å². The first-order valence-corrected chi connectivity index (χ1v) is 7.23. The number of anilines is 1. The van der Waals surface area contributed by atoms with Gasteiger partial charge in [0, 0.05) is 24.8 Å². The maximum Gasteiger partial charge on any atom is 0.305 e. The van der Waals surface area contributed by atoms with Crippen molar-refractivity contribution in [3.05, 3.63) is 29.8 Å². The van der Waals surface area contributed by atoms with Crippen molar-refractivity contribution in [3.63, 3.8) is 0 Å². The minimum atomic E-state index is -1.03. The summed E-state index contributed by atoms with van der Waals surface area (Å²) < 4.78 is 5.00. The van der Waals surface area contributed by atoms with Crippen LogP contribution < -0.4 is 10.6 Å². The van der Waals surface area contributed by atoms with Crippen LogP contribution in [-0.4, -0.2) is 42.1 Å². The van der Waals surface area contributed by atoms with Gasteiger partial charge in [0.1, 0.15) is 0 Å². The van der Waals surface area contributed by atoms with Crippen molar-refractivity contribution in [1.29, 1.82) is 0 Å². The van der Waals surface area contributed by atoms with E-state index in [1.807, 2.05) is 0 Å². The number of aliphatic carboxylic acids is 1. The van der Waals surface area contributed by atoms with Crippen molar-refractivity contribution in [2.75, 3.05) is 19.0 Å². The Morgan fingerprint density at radius 3 is 2.57 bits per heavy atom. The number of ether oxygens (including phenoxy) is 1. The van der Waals surface area contributed by atoms with Crippen molar-refractivity contribution in [2.24, 2.45) is 0 Å². The first-order valence-electron chi connectivity index (χ1n) is 7.23. The summed E-state index contributed by atoms with van der Waals surface area (Å²) in [4.78, 5) is 34.7. The van der Waals surface area contributed by atoms with Gasteiger partial charge in [-0.1, -0.05) is 13.0 Å². The van der Waals surface area contributed by atoms with E-state index in [-0.39, 0.29) is 18.9 Å². The first kappa shape index (κ1) is 18.6. The molecule has 126 valence electrons. The van der Waals surface area contributed by atoms with E-state index in [1.54, 1.807) is 32.0 Å². The Kier molecular flexibility index (Phi) is 6.71. The second-order valence-electron chi connectivity index (χ2n) is 5.50. The number of carboxylic acids is 1. The fraction of sp³-hybridized carbons (Fsp3) is 0.438. The molecule has 1 rings (SSSR count). The van der Waals surface area contributed by atoms with E-state index < -0.39 is 17.4 Å². The van der Waals surface area contributed by atoms with Crippen LogP contribution in [0.5, 0.6) is 0 Å². The van der Waals surface area contributed by atoms with Crippen LogP contribution in [0.25, 0.3) is 0 Å². The summed E-state index contributed by atoms with van der Waals surface area (Å²) in [5, 5.41) is 14.3. The smallest absolute Gasteiger partial charge is 0.305 e. The number of nitrogens with one attached hydrogen (secondary N) is 2. The zero-order valence-corrected chi connectivity index (χ0v) is 13.5. The molecular weight excluding hydrogens is 300 g/mol. The van der Waals surface area contributed by atoms with E-state index >= 15 is 0 Å². The summed E-state index contributed by atoms with van der Waals surface area (Å²) in [5.74, 6) is -1.62. The number of amides is 2. The molecule has 7 heteroatoms. The fourth-order valence-corrected chi connectivity index (χ4v) is 2.12. The lowest BCUT2D eigenvalue weighted by molar-refractivity contribution is -0.139. The van der Waals surface area contributed by atoms with Crippen LogP contribution in [0.2, 0.25) is 0 Å². The van der Waals surface area contributed by atoms with Crippen molar-refractivity contribution in [3.8, 4) is 0 Å². The number of benzene rings is 1. The van der Waals surface area contributed by atoms with Crippen LogP contribution in [0.15, 0.2) is 24.3 Å². The fourth-order valence-electron chi connectivity index (χ4n) is 2.12. The van der Waals surface area contributed by atoms with Gasteiger partial charge in [0.15, 0.2) is 0 Å². The molecule has 0 aromatic heterocycles.